The zero-order valence-electron chi connectivity index (χ0n) is 13.8. The summed E-state index contributed by atoms with van der Waals surface area (Å²) >= 11 is 3.42. The fraction of sp³-hybridized carbons (Fsp3) is 0.444. The Morgan fingerprint density at radius 3 is 2.48 bits per heavy atom. The van der Waals surface area contributed by atoms with Gasteiger partial charge in [-0.15, -0.1) is 0 Å². The van der Waals surface area contributed by atoms with Crippen LogP contribution in [0.2, 0.25) is 0 Å². The van der Waals surface area contributed by atoms with Gasteiger partial charge in [-0.05, 0) is 37.1 Å². The Bertz CT molecular complexity index is 732. The largest absolute Gasteiger partial charge is 0.350 e. The molecule has 2 aromatic rings. The average Bonchev–Trinajstić information content (AvgIpc) is 3.34. The molecule has 0 spiro atoms. The molecule has 3 heterocycles. The van der Waals surface area contributed by atoms with Crippen molar-refractivity contribution < 1.29 is 14.3 Å². The van der Waals surface area contributed by atoms with E-state index >= 15 is 0 Å². The summed E-state index contributed by atoms with van der Waals surface area (Å²) in [5.41, 5.74) is 1.55. The minimum atomic E-state index is -0.0857. The highest BCUT2D eigenvalue weighted by molar-refractivity contribution is 9.10. The lowest BCUT2D eigenvalue weighted by atomic mass is 9.96. The van der Waals surface area contributed by atoms with E-state index in [0.29, 0.717) is 24.7 Å². The standard InChI is InChI=1S/C18H20BrN3O3/c19-15-1-3-16(4-2-15)22-12-14(11-20-22)17(23)21-7-5-13(6-8-21)18-24-9-10-25-18/h1-4,11-13,18H,5-10H2. The molecule has 0 atom stereocenters. The number of likely N-dealkylation sites (tertiary alicyclic amines) is 1. The number of nitrogens with zero attached hydrogens (tertiary/aromatic N) is 3. The molecule has 0 aliphatic carbocycles. The molecule has 4 rings (SSSR count). The van der Waals surface area contributed by atoms with Gasteiger partial charge in [0, 0.05) is 29.7 Å². The van der Waals surface area contributed by atoms with Gasteiger partial charge in [-0.2, -0.15) is 5.10 Å². The van der Waals surface area contributed by atoms with Crippen molar-refractivity contribution in [3.8, 4) is 5.69 Å². The van der Waals surface area contributed by atoms with Gasteiger partial charge < -0.3 is 14.4 Å². The van der Waals surface area contributed by atoms with Gasteiger partial charge >= 0.3 is 0 Å². The van der Waals surface area contributed by atoms with Crippen molar-refractivity contribution in [3.05, 3.63) is 46.7 Å². The second kappa shape index (κ2) is 7.27. The maximum Gasteiger partial charge on any atom is 0.257 e. The second-order valence-corrected chi connectivity index (χ2v) is 7.31. The van der Waals surface area contributed by atoms with Crippen molar-refractivity contribution in [2.45, 2.75) is 19.1 Å². The third kappa shape index (κ3) is 3.63. The predicted octanol–water partition coefficient (Wildman–Crippen LogP) is 2.86. The van der Waals surface area contributed by atoms with Gasteiger partial charge in [0.15, 0.2) is 6.29 Å². The zero-order chi connectivity index (χ0) is 17.2. The van der Waals surface area contributed by atoms with Crippen LogP contribution in [0.1, 0.15) is 23.2 Å². The van der Waals surface area contributed by atoms with Crippen LogP contribution in [0.5, 0.6) is 0 Å². The van der Waals surface area contributed by atoms with E-state index in [1.165, 1.54) is 0 Å². The van der Waals surface area contributed by atoms with Crippen molar-refractivity contribution in [3.63, 3.8) is 0 Å². The van der Waals surface area contributed by atoms with Crippen LogP contribution >= 0.6 is 15.9 Å². The van der Waals surface area contributed by atoms with Gasteiger partial charge in [-0.3, -0.25) is 4.79 Å². The number of benzene rings is 1. The highest BCUT2D eigenvalue weighted by atomic mass is 79.9. The third-order valence-electron chi connectivity index (χ3n) is 4.78. The zero-order valence-corrected chi connectivity index (χ0v) is 15.4. The lowest BCUT2D eigenvalue weighted by Gasteiger charge is -2.33. The number of hydrogen-bond acceptors (Lipinski definition) is 4. The van der Waals surface area contributed by atoms with Crippen molar-refractivity contribution in [2.75, 3.05) is 26.3 Å². The molecular weight excluding hydrogens is 386 g/mol. The smallest absolute Gasteiger partial charge is 0.257 e. The Kier molecular flexibility index (Phi) is 4.87. The van der Waals surface area contributed by atoms with Gasteiger partial charge in [0.05, 0.1) is 30.7 Å². The van der Waals surface area contributed by atoms with Gasteiger partial charge in [0.1, 0.15) is 0 Å². The molecule has 7 heteroatoms. The van der Waals surface area contributed by atoms with Crippen LogP contribution in [0, 0.1) is 5.92 Å². The first kappa shape index (κ1) is 16.8. The first-order valence-electron chi connectivity index (χ1n) is 8.54. The molecule has 0 unspecified atom stereocenters. The lowest BCUT2D eigenvalue weighted by molar-refractivity contribution is -0.0956. The van der Waals surface area contributed by atoms with Crippen LogP contribution in [0.4, 0.5) is 0 Å². The summed E-state index contributed by atoms with van der Waals surface area (Å²) in [5.74, 6) is 0.423. The number of ether oxygens (including phenoxy) is 2. The molecule has 132 valence electrons. The van der Waals surface area contributed by atoms with Gasteiger partial charge in [0.2, 0.25) is 0 Å². The number of amides is 1. The highest BCUT2D eigenvalue weighted by Gasteiger charge is 2.32. The summed E-state index contributed by atoms with van der Waals surface area (Å²) in [6, 6.07) is 7.82. The summed E-state index contributed by atoms with van der Waals surface area (Å²) in [6.45, 7) is 2.82. The van der Waals surface area contributed by atoms with E-state index in [4.69, 9.17) is 9.47 Å². The predicted molar refractivity (Wildman–Crippen MR) is 95.6 cm³/mol. The fourth-order valence-corrected chi connectivity index (χ4v) is 3.64. The molecule has 2 aliphatic rings. The van der Waals surface area contributed by atoms with E-state index in [1.54, 1.807) is 17.1 Å². The summed E-state index contributed by atoms with van der Waals surface area (Å²) in [5, 5.41) is 4.32. The SMILES string of the molecule is O=C(c1cnn(-c2ccc(Br)cc2)c1)N1CCC(C2OCCO2)CC1. The van der Waals surface area contributed by atoms with E-state index in [0.717, 1.165) is 36.1 Å². The molecule has 2 fully saturated rings. The second-order valence-electron chi connectivity index (χ2n) is 6.39. The van der Waals surface area contributed by atoms with Gasteiger partial charge in [-0.25, -0.2) is 4.68 Å². The molecular formula is C18H20BrN3O3. The van der Waals surface area contributed by atoms with Gasteiger partial charge in [0.25, 0.3) is 5.91 Å². The first-order chi connectivity index (χ1) is 12.2. The number of carbonyl (C=O) groups excluding carboxylic acids is 1. The van der Waals surface area contributed by atoms with E-state index < -0.39 is 0 Å². The van der Waals surface area contributed by atoms with Crippen molar-refractivity contribution in [2.24, 2.45) is 5.92 Å². The first-order valence-corrected chi connectivity index (χ1v) is 9.33. The van der Waals surface area contributed by atoms with Gasteiger partial charge in [-0.1, -0.05) is 15.9 Å². The van der Waals surface area contributed by atoms with E-state index in [2.05, 4.69) is 21.0 Å². The number of piperidine rings is 1. The molecule has 25 heavy (non-hydrogen) atoms. The van der Waals surface area contributed by atoms with Crippen LogP contribution in [0.15, 0.2) is 41.1 Å². The fourth-order valence-electron chi connectivity index (χ4n) is 3.37. The highest BCUT2D eigenvalue weighted by Crippen LogP contribution is 2.26. The minimum absolute atomic E-state index is 0.0371. The van der Waals surface area contributed by atoms with Crippen LogP contribution < -0.4 is 0 Å². The number of carbonyl (C=O) groups is 1. The van der Waals surface area contributed by atoms with Crippen LogP contribution in [0.3, 0.4) is 0 Å². The van der Waals surface area contributed by atoms with E-state index in [-0.39, 0.29) is 12.2 Å². The summed E-state index contributed by atoms with van der Waals surface area (Å²) in [4.78, 5) is 14.6. The molecule has 1 amide bonds. The molecule has 0 radical (unpaired) electrons. The Balaban J connectivity index is 1.39. The molecule has 2 aliphatic heterocycles. The number of rotatable bonds is 3. The molecule has 0 N–H and O–H groups in total. The Hall–Kier alpha value is -1.70. The Morgan fingerprint density at radius 2 is 1.80 bits per heavy atom. The Morgan fingerprint density at radius 1 is 1.12 bits per heavy atom. The molecule has 0 saturated carbocycles. The Labute approximate surface area is 154 Å². The maximum atomic E-state index is 12.7. The average molecular weight is 406 g/mol. The molecule has 1 aromatic carbocycles. The molecule has 6 nitrogen and oxygen atoms in total. The summed E-state index contributed by atoms with van der Waals surface area (Å²) < 4.78 is 13.9. The number of aromatic nitrogens is 2. The minimum Gasteiger partial charge on any atom is -0.350 e. The van der Waals surface area contributed by atoms with Crippen molar-refractivity contribution in [1.29, 1.82) is 0 Å². The molecule has 0 bridgehead atoms. The molecule has 1 aromatic heterocycles. The monoisotopic (exact) mass is 405 g/mol. The third-order valence-corrected chi connectivity index (χ3v) is 5.31. The van der Waals surface area contributed by atoms with Crippen LogP contribution in [0.25, 0.3) is 5.69 Å². The lowest BCUT2D eigenvalue weighted by Crippen LogP contribution is -2.41. The normalized spacial score (nSPS) is 19.5. The van der Waals surface area contributed by atoms with Crippen LogP contribution in [-0.4, -0.2) is 53.2 Å². The van der Waals surface area contributed by atoms with E-state index in [1.807, 2.05) is 29.2 Å². The van der Waals surface area contributed by atoms with E-state index in [9.17, 15) is 4.79 Å². The number of halogens is 1. The summed E-state index contributed by atoms with van der Waals surface area (Å²) in [7, 11) is 0. The number of hydrogen-bond donors (Lipinski definition) is 0. The topological polar surface area (TPSA) is 56.6 Å². The molecule has 2 saturated heterocycles. The quantitative estimate of drug-likeness (QED) is 0.787. The van der Waals surface area contributed by atoms with Crippen LogP contribution in [-0.2, 0) is 9.47 Å². The van der Waals surface area contributed by atoms with Crippen molar-refractivity contribution >= 4 is 21.8 Å². The van der Waals surface area contributed by atoms with Crippen molar-refractivity contribution in [1.82, 2.24) is 14.7 Å². The summed E-state index contributed by atoms with van der Waals surface area (Å²) in [6.07, 6.45) is 5.17. The maximum absolute atomic E-state index is 12.7.